The SMILES string of the molecule is CCOC(=O)C1=C(C)N(CC)C(=S)NC1c1ccc(NC(=O)CCC2CCCC2)cc1. The van der Waals surface area contributed by atoms with E-state index in [2.05, 4.69) is 10.6 Å². The minimum Gasteiger partial charge on any atom is -0.463 e. The molecule has 1 saturated carbocycles. The molecule has 0 aromatic heterocycles. The van der Waals surface area contributed by atoms with Crippen molar-refractivity contribution in [2.75, 3.05) is 18.5 Å². The predicted molar refractivity (Wildman–Crippen MR) is 126 cm³/mol. The van der Waals surface area contributed by atoms with Gasteiger partial charge < -0.3 is 20.3 Å². The maximum Gasteiger partial charge on any atom is 0.338 e. The molecule has 2 aliphatic rings. The van der Waals surface area contributed by atoms with E-state index in [0.29, 0.717) is 36.2 Å². The Kier molecular flexibility index (Phi) is 8.07. The Balaban J connectivity index is 1.71. The van der Waals surface area contributed by atoms with E-state index < -0.39 is 0 Å². The second kappa shape index (κ2) is 10.8. The lowest BCUT2D eigenvalue weighted by Crippen LogP contribution is -2.47. The lowest BCUT2D eigenvalue weighted by atomic mass is 9.95. The Morgan fingerprint density at radius 1 is 1.19 bits per heavy atom. The number of nitrogens with zero attached hydrogens (tertiary/aromatic N) is 1. The fraction of sp³-hybridized carbons (Fsp3) is 0.542. The van der Waals surface area contributed by atoms with E-state index in [0.717, 1.165) is 23.4 Å². The molecule has 1 heterocycles. The van der Waals surface area contributed by atoms with Gasteiger partial charge in [-0.05, 0) is 63.0 Å². The van der Waals surface area contributed by atoms with Gasteiger partial charge in [-0.15, -0.1) is 0 Å². The van der Waals surface area contributed by atoms with Gasteiger partial charge in [-0.25, -0.2) is 4.79 Å². The zero-order chi connectivity index (χ0) is 22.4. The summed E-state index contributed by atoms with van der Waals surface area (Å²) < 4.78 is 5.31. The van der Waals surface area contributed by atoms with Gasteiger partial charge in [0.2, 0.25) is 5.91 Å². The number of thiocarbonyl (C=S) groups is 1. The third-order valence-corrected chi connectivity index (χ3v) is 6.53. The zero-order valence-electron chi connectivity index (χ0n) is 18.7. The van der Waals surface area contributed by atoms with E-state index in [1.54, 1.807) is 6.92 Å². The summed E-state index contributed by atoms with van der Waals surface area (Å²) in [5.74, 6) is 0.411. The lowest BCUT2D eigenvalue weighted by Gasteiger charge is -2.37. The topological polar surface area (TPSA) is 70.7 Å². The van der Waals surface area contributed by atoms with Crippen LogP contribution in [0.5, 0.6) is 0 Å². The van der Waals surface area contributed by atoms with Gasteiger partial charge in [-0.1, -0.05) is 37.8 Å². The van der Waals surface area contributed by atoms with Crippen molar-refractivity contribution in [2.45, 2.75) is 65.3 Å². The molecule has 7 heteroatoms. The molecule has 2 N–H and O–H groups in total. The van der Waals surface area contributed by atoms with Crippen LogP contribution in [0.25, 0.3) is 0 Å². The first-order valence-corrected chi connectivity index (χ1v) is 11.7. The van der Waals surface area contributed by atoms with Crippen molar-refractivity contribution < 1.29 is 14.3 Å². The molecule has 1 aromatic rings. The fourth-order valence-corrected chi connectivity index (χ4v) is 4.89. The maximum absolute atomic E-state index is 12.7. The molecule has 1 aliphatic carbocycles. The largest absolute Gasteiger partial charge is 0.463 e. The quantitative estimate of drug-likeness (QED) is 0.449. The van der Waals surface area contributed by atoms with Gasteiger partial charge in [0.05, 0.1) is 18.2 Å². The van der Waals surface area contributed by atoms with Gasteiger partial charge in [0.15, 0.2) is 5.11 Å². The third kappa shape index (κ3) is 5.64. The molecular formula is C24H33N3O3S. The number of carbonyl (C=O) groups excluding carboxylic acids is 2. The number of carbonyl (C=O) groups is 2. The first-order chi connectivity index (χ1) is 14.9. The Hall–Kier alpha value is -2.41. The van der Waals surface area contributed by atoms with Gasteiger partial charge in [0, 0.05) is 24.4 Å². The van der Waals surface area contributed by atoms with Crippen molar-refractivity contribution in [3.05, 3.63) is 41.1 Å². The molecule has 31 heavy (non-hydrogen) atoms. The smallest absolute Gasteiger partial charge is 0.338 e. The molecule has 1 aromatic carbocycles. The summed E-state index contributed by atoms with van der Waals surface area (Å²) in [4.78, 5) is 26.9. The highest BCUT2D eigenvalue weighted by atomic mass is 32.1. The van der Waals surface area contributed by atoms with Crippen molar-refractivity contribution in [1.29, 1.82) is 0 Å². The number of ether oxygens (including phenoxy) is 1. The molecule has 3 rings (SSSR count). The number of esters is 1. The Morgan fingerprint density at radius 2 is 1.87 bits per heavy atom. The molecule has 1 fully saturated rings. The van der Waals surface area contributed by atoms with E-state index in [-0.39, 0.29) is 17.9 Å². The molecule has 0 saturated heterocycles. The highest BCUT2D eigenvalue weighted by Crippen LogP contribution is 2.32. The molecule has 1 aliphatic heterocycles. The molecule has 1 atom stereocenters. The van der Waals surface area contributed by atoms with Crippen LogP contribution in [0.1, 0.15) is 70.9 Å². The lowest BCUT2D eigenvalue weighted by molar-refractivity contribution is -0.139. The maximum atomic E-state index is 12.7. The second-order valence-corrected chi connectivity index (χ2v) is 8.59. The van der Waals surface area contributed by atoms with E-state index in [4.69, 9.17) is 17.0 Å². The van der Waals surface area contributed by atoms with Crippen molar-refractivity contribution in [1.82, 2.24) is 10.2 Å². The van der Waals surface area contributed by atoms with Crippen LogP contribution in [-0.2, 0) is 14.3 Å². The van der Waals surface area contributed by atoms with Crippen molar-refractivity contribution in [3.63, 3.8) is 0 Å². The van der Waals surface area contributed by atoms with Crippen molar-refractivity contribution >= 4 is 34.9 Å². The van der Waals surface area contributed by atoms with Gasteiger partial charge in [-0.2, -0.15) is 0 Å². The Labute approximate surface area is 190 Å². The molecule has 0 spiro atoms. The summed E-state index contributed by atoms with van der Waals surface area (Å²) in [7, 11) is 0. The molecular weight excluding hydrogens is 410 g/mol. The summed E-state index contributed by atoms with van der Waals surface area (Å²) in [6.45, 7) is 6.66. The van der Waals surface area contributed by atoms with E-state index in [1.165, 1.54) is 25.7 Å². The summed E-state index contributed by atoms with van der Waals surface area (Å²) in [6, 6.07) is 7.19. The van der Waals surface area contributed by atoms with Crippen LogP contribution in [0, 0.1) is 5.92 Å². The monoisotopic (exact) mass is 443 g/mol. The van der Waals surface area contributed by atoms with Crippen LogP contribution in [0.2, 0.25) is 0 Å². The molecule has 0 radical (unpaired) electrons. The summed E-state index contributed by atoms with van der Waals surface area (Å²) in [5, 5.41) is 6.85. The minimum absolute atomic E-state index is 0.0539. The fourth-order valence-electron chi connectivity index (χ4n) is 4.50. The molecule has 168 valence electrons. The Bertz CT molecular complexity index is 844. The number of allylic oxidation sites excluding steroid dienone is 1. The number of anilines is 1. The molecule has 1 unspecified atom stereocenters. The van der Waals surface area contributed by atoms with Crippen LogP contribution in [-0.4, -0.2) is 35.0 Å². The van der Waals surface area contributed by atoms with Gasteiger partial charge >= 0.3 is 5.97 Å². The predicted octanol–water partition coefficient (Wildman–Crippen LogP) is 4.68. The molecule has 1 amide bonds. The van der Waals surface area contributed by atoms with Crippen molar-refractivity contribution in [3.8, 4) is 0 Å². The van der Waals surface area contributed by atoms with Crippen LogP contribution in [0.15, 0.2) is 35.5 Å². The van der Waals surface area contributed by atoms with Crippen LogP contribution >= 0.6 is 12.2 Å². The summed E-state index contributed by atoms with van der Waals surface area (Å²) in [5.41, 5.74) is 3.02. The normalized spacial score (nSPS) is 19.4. The molecule has 0 bridgehead atoms. The average molecular weight is 444 g/mol. The highest BCUT2D eigenvalue weighted by molar-refractivity contribution is 7.80. The zero-order valence-corrected chi connectivity index (χ0v) is 19.5. The first-order valence-electron chi connectivity index (χ1n) is 11.3. The third-order valence-electron chi connectivity index (χ3n) is 6.19. The standard InChI is InChI=1S/C24H33N3O3S/c1-4-27-16(3)21(23(29)30-5-2)22(26-24(27)31)18-11-13-19(14-12-18)25-20(28)15-10-17-8-6-7-9-17/h11-14,17,22H,4-10,15H2,1-3H3,(H,25,28)(H,26,31). The average Bonchev–Trinajstić information content (AvgIpc) is 3.26. The molecule has 6 nitrogen and oxygen atoms in total. The van der Waals surface area contributed by atoms with Crippen molar-refractivity contribution in [2.24, 2.45) is 5.92 Å². The van der Waals surface area contributed by atoms with Crippen LogP contribution < -0.4 is 10.6 Å². The number of hydrogen-bond donors (Lipinski definition) is 2. The number of amides is 1. The number of hydrogen-bond acceptors (Lipinski definition) is 4. The number of rotatable bonds is 8. The van der Waals surface area contributed by atoms with Gasteiger partial charge in [0.25, 0.3) is 0 Å². The Morgan fingerprint density at radius 3 is 2.48 bits per heavy atom. The van der Waals surface area contributed by atoms with E-state index in [9.17, 15) is 9.59 Å². The minimum atomic E-state index is -0.388. The number of benzene rings is 1. The van der Waals surface area contributed by atoms with Gasteiger partial charge in [-0.3, -0.25) is 4.79 Å². The second-order valence-electron chi connectivity index (χ2n) is 8.21. The van der Waals surface area contributed by atoms with E-state index in [1.807, 2.05) is 43.0 Å². The summed E-state index contributed by atoms with van der Waals surface area (Å²) in [6.07, 6.45) is 6.63. The highest BCUT2D eigenvalue weighted by Gasteiger charge is 2.34. The number of nitrogens with one attached hydrogen (secondary N) is 2. The summed E-state index contributed by atoms with van der Waals surface area (Å²) >= 11 is 5.51. The first kappa shape index (κ1) is 23.3. The van der Waals surface area contributed by atoms with Crippen LogP contribution in [0.3, 0.4) is 0 Å². The van der Waals surface area contributed by atoms with Crippen LogP contribution in [0.4, 0.5) is 5.69 Å². The van der Waals surface area contributed by atoms with Gasteiger partial charge in [0.1, 0.15) is 0 Å². The van der Waals surface area contributed by atoms with E-state index >= 15 is 0 Å².